The second kappa shape index (κ2) is 5.31. The molecule has 2 N–H and O–H groups in total. The zero-order chi connectivity index (χ0) is 13.1. The fourth-order valence-corrected chi connectivity index (χ4v) is 1.93. The molecule has 0 amide bonds. The van der Waals surface area contributed by atoms with Gasteiger partial charge in [0.1, 0.15) is 5.75 Å². The van der Waals surface area contributed by atoms with Gasteiger partial charge in [-0.2, -0.15) is 0 Å². The molecule has 2 aromatic carbocycles. The molecule has 0 unspecified atom stereocenters. The number of hydrogen-bond acceptors (Lipinski definition) is 2. The summed E-state index contributed by atoms with van der Waals surface area (Å²) in [7, 11) is 1.61. The Labute approximate surface area is 104 Å². The fourth-order valence-electron chi connectivity index (χ4n) is 1.93. The molecule has 0 aliphatic heterocycles. The summed E-state index contributed by atoms with van der Waals surface area (Å²) in [5, 5.41) is 1.97. The number of benzene rings is 2. The van der Waals surface area contributed by atoms with E-state index in [0.29, 0.717) is 0 Å². The topological polar surface area (TPSA) is 35.2 Å². The molecule has 2 aromatic rings. The number of methoxy groups -OCH3 is 1. The van der Waals surface area contributed by atoms with Crippen molar-refractivity contribution >= 4 is 10.8 Å². The molecule has 0 aliphatic carbocycles. The highest BCUT2D eigenvalue weighted by Crippen LogP contribution is 2.25. The van der Waals surface area contributed by atoms with Gasteiger partial charge in [-0.1, -0.05) is 18.2 Å². The van der Waals surface area contributed by atoms with Crippen molar-refractivity contribution in [2.45, 2.75) is 18.9 Å². The van der Waals surface area contributed by atoms with Gasteiger partial charge < -0.3 is 10.5 Å². The molecule has 2 nitrogen and oxygen atoms in total. The van der Waals surface area contributed by atoms with Gasteiger partial charge in [0.25, 0.3) is 0 Å². The molecule has 0 radical (unpaired) electrons. The number of alkyl halides is 2. The first-order chi connectivity index (χ1) is 8.60. The largest absolute Gasteiger partial charge is 0.497 e. The average Bonchev–Trinajstić information content (AvgIpc) is 2.36. The van der Waals surface area contributed by atoms with Gasteiger partial charge in [0.15, 0.2) is 0 Å². The summed E-state index contributed by atoms with van der Waals surface area (Å²) >= 11 is 0. The summed E-state index contributed by atoms with van der Waals surface area (Å²) in [6, 6.07) is 10.5. The highest BCUT2D eigenvalue weighted by atomic mass is 19.3. The highest BCUT2D eigenvalue weighted by Gasteiger charge is 2.13. The molecule has 0 aliphatic rings. The lowest BCUT2D eigenvalue weighted by molar-refractivity contribution is 0.128. The minimum atomic E-state index is -2.38. The van der Waals surface area contributed by atoms with Crippen LogP contribution in [0, 0.1) is 0 Å². The van der Waals surface area contributed by atoms with Crippen LogP contribution in [-0.4, -0.2) is 13.5 Å². The van der Waals surface area contributed by atoms with E-state index in [-0.39, 0.29) is 6.42 Å². The molecule has 0 aromatic heterocycles. The Kier molecular flexibility index (Phi) is 3.77. The van der Waals surface area contributed by atoms with Crippen LogP contribution in [0.25, 0.3) is 10.8 Å². The summed E-state index contributed by atoms with van der Waals surface area (Å²) in [5.74, 6) is 0.770. The molecule has 0 heterocycles. The van der Waals surface area contributed by atoms with Crippen molar-refractivity contribution in [1.29, 1.82) is 0 Å². The van der Waals surface area contributed by atoms with Crippen LogP contribution in [0.3, 0.4) is 0 Å². The first-order valence-corrected chi connectivity index (χ1v) is 5.71. The quantitative estimate of drug-likeness (QED) is 0.902. The van der Waals surface area contributed by atoms with E-state index in [0.717, 1.165) is 22.1 Å². The Morgan fingerprint density at radius 1 is 1.11 bits per heavy atom. The van der Waals surface area contributed by atoms with Crippen molar-refractivity contribution in [3.05, 3.63) is 42.0 Å². The highest BCUT2D eigenvalue weighted by molar-refractivity contribution is 5.84. The Balaban J connectivity index is 2.33. The van der Waals surface area contributed by atoms with Crippen LogP contribution in [0.2, 0.25) is 0 Å². The van der Waals surface area contributed by atoms with Crippen molar-refractivity contribution in [2.24, 2.45) is 5.73 Å². The van der Waals surface area contributed by atoms with Gasteiger partial charge in [-0.3, -0.25) is 0 Å². The zero-order valence-electron chi connectivity index (χ0n) is 10.1. The van der Waals surface area contributed by atoms with Crippen LogP contribution < -0.4 is 10.5 Å². The molecule has 0 fully saturated rings. The van der Waals surface area contributed by atoms with Gasteiger partial charge in [0, 0.05) is 12.5 Å². The Morgan fingerprint density at radius 3 is 2.44 bits per heavy atom. The minimum absolute atomic E-state index is 0.318. The Bertz CT molecular complexity index is 542. The second-order valence-electron chi connectivity index (χ2n) is 4.21. The molecule has 0 spiro atoms. The number of halogens is 2. The van der Waals surface area contributed by atoms with Crippen molar-refractivity contribution in [3.63, 3.8) is 0 Å². The van der Waals surface area contributed by atoms with Gasteiger partial charge in [-0.25, -0.2) is 8.78 Å². The van der Waals surface area contributed by atoms with Crippen LogP contribution in [0.4, 0.5) is 8.78 Å². The standard InChI is InChI=1S/C14H15F2NO/c1-18-12-5-4-9-6-11(3-2-10(9)7-12)13(17)8-14(15)16/h2-7,13-14H,8,17H2,1H3/t13-/m1/s1. The van der Waals surface area contributed by atoms with E-state index in [1.54, 1.807) is 13.2 Å². The molecule has 0 bridgehead atoms. The number of hydrogen-bond donors (Lipinski definition) is 1. The molecule has 0 saturated heterocycles. The molecule has 2 rings (SSSR count). The van der Waals surface area contributed by atoms with E-state index in [9.17, 15) is 8.78 Å². The SMILES string of the molecule is COc1ccc2cc([C@H](N)CC(F)F)ccc2c1. The molecular formula is C14H15F2NO. The maximum atomic E-state index is 12.3. The number of ether oxygens (including phenoxy) is 1. The first kappa shape index (κ1) is 12.8. The number of nitrogens with two attached hydrogens (primary N) is 1. The molecule has 4 heteroatoms. The maximum Gasteiger partial charge on any atom is 0.240 e. The Hall–Kier alpha value is -1.68. The van der Waals surface area contributed by atoms with Gasteiger partial charge in [-0.05, 0) is 34.5 Å². The van der Waals surface area contributed by atoms with E-state index in [1.165, 1.54) is 0 Å². The van der Waals surface area contributed by atoms with Crippen LogP contribution in [0.5, 0.6) is 5.75 Å². The first-order valence-electron chi connectivity index (χ1n) is 5.71. The van der Waals surface area contributed by atoms with Crippen molar-refractivity contribution in [3.8, 4) is 5.75 Å². The lowest BCUT2D eigenvalue weighted by Crippen LogP contribution is -2.13. The predicted molar refractivity (Wildman–Crippen MR) is 68.0 cm³/mol. The molecule has 0 saturated carbocycles. The summed E-state index contributed by atoms with van der Waals surface area (Å²) in [6.45, 7) is 0. The van der Waals surface area contributed by atoms with Crippen LogP contribution in [0.15, 0.2) is 36.4 Å². The van der Waals surface area contributed by atoms with Gasteiger partial charge >= 0.3 is 0 Å². The third-order valence-electron chi connectivity index (χ3n) is 2.93. The lowest BCUT2D eigenvalue weighted by Gasteiger charge is -2.12. The third kappa shape index (κ3) is 2.76. The number of fused-ring (bicyclic) bond motifs is 1. The van der Waals surface area contributed by atoms with E-state index >= 15 is 0 Å². The average molecular weight is 251 g/mol. The van der Waals surface area contributed by atoms with E-state index in [2.05, 4.69) is 0 Å². The summed E-state index contributed by atoms with van der Waals surface area (Å²) in [5.41, 5.74) is 6.47. The maximum absolute atomic E-state index is 12.3. The molecule has 1 atom stereocenters. The predicted octanol–water partition coefficient (Wildman–Crippen LogP) is 3.50. The monoisotopic (exact) mass is 251 g/mol. The van der Waals surface area contributed by atoms with Gasteiger partial charge in [0.05, 0.1) is 7.11 Å². The lowest BCUT2D eigenvalue weighted by atomic mass is 10.0. The summed E-state index contributed by atoms with van der Waals surface area (Å²) in [4.78, 5) is 0. The number of rotatable bonds is 4. The zero-order valence-corrected chi connectivity index (χ0v) is 10.1. The van der Waals surface area contributed by atoms with E-state index < -0.39 is 12.5 Å². The summed E-state index contributed by atoms with van der Waals surface area (Å²) < 4.78 is 29.7. The Morgan fingerprint density at radius 2 is 1.78 bits per heavy atom. The normalized spacial score (nSPS) is 12.9. The van der Waals surface area contributed by atoms with E-state index in [4.69, 9.17) is 10.5 Å². The van der Waals surface area contributed by atoms with E-state index in [1.807, 2.05) is 30.3 Å². The molecule has 18 heavy (non-hydrogen) atoms. The van der Waals surface area contributed by atoms with Crippen molar-refractivity contribution in [2.75, 3.05) is 7.11 Å². The third-order valence-corrected chi connectivity index (χ3v) is 2.93. The van der Waals surface area contributed by atoms with Crippen molar-refractivity contribution < 1.29 is 13.5 Å². The fraction of sp³-hybridized carbons (Fsp3) is 0.286. The van der Waals surface area contributed by atoms with Gasteiger partial charge in [0.2, 0.25) is 6.43 Å². The van der Waals surface area contributed by atoms with Gasteiger partial charge in [-0.15, -0.1) is 0 Å². The van der Waals surface area contributed by atoms with Crippen molar-refractivity contribution in [1.82, 2.24) is 0 Å². The summed E-state index contributed by atoms with van der Waals surface area (Å²) in [6.07, 6.45) is -2.70. The molecular weight excluding hydrogens is 236 g/mol. The van der Waals surface area contributed by atoms with Crippen LogP contribution in [0.1, 0.15) is 18.0 Å². The molecule has 96 valence electrons. The van der Waals surface area contributed by atoms with Crippen LogP contribution in [-0.2, 0) is 0 Å². The van der Waals surface area contributed by atoms with Crippen LogP contribution >= 0.6 is 0 Å². The smallest absolute Gasteiger partial charge is 0.240 e. The second-order valence-corrected chi connectivity index (χ2v) is 4.21. The minimum Gasteiger partial charge on any atom is -0.497 e.